The average molecular weight is 233 g/mol. The van der Waals surface area contributed by atoms with Crippen LogP contribution in [-0.2, 0) is 11.3 Å². The standard InChI is InChI=1S/C13H19N3O/c1-10(2)16-13(11-7-5-4-6-8-11)14-12(15-16)9-17-3/h5,7-8,10H,4,6,9H2,1-3H3. The molecule has 1 aromatic heterocycles. The first-order valence-corrected chi connectivity index (χ1v) is 6.03. The van der Waals surface area contributed by atoms with Gasteiger partial charge in [0.15, 0.2) is 11.6 Å². The minimum Gasteiger partial charge on any atom is -0.377 e. The molecule has 0 aliphatic heterocycles. The molecule has 2 rings (SSSR count). The molecule has 0 saturated heterocycles. The molecular formula is C13H19N3O. The first kappa shape index (κ1) is 12.0. The summed E-state index contributed by atoms with van der Waals surface area (Å²) in [5.74, 6) is 1.69. The van der Waals surface area contributed by atoms with Crippen LogP contribution >= 0.6 is 0 Å². The van der Waals surface area contributed by atoms with E-state index in [9.17, 15) is 0 Å². The number of hydrogen-bond donors (Lipinski definition) is 0. The summed E-state index contributed by atoms with van der Waals surface area (Å²) in [5, 5.41) is 4.48. The van der Waals surface area contributed by atoms with Gasteiger partial charge in [0.05, 0.1) is 0 Å². The Morgan fingerprint density at radius 2 is 2.24 bits per heavy atom. The van der Waals surface area contributed by atoms with Gasteiger partial charge in [0.2, 0.25) is 0 Å². The summed E-state index contributed by atoms with van der Waals surface area (Å²) in [6, 6.07) is 0.305. The third kappa shape index (κ3) is 2.64. The minimum atomic E-state index is 0.305. The van der Waals surface area contributed by atoms with E-state index in [4.69, 9.17) is 4.74 Å². The first-order valence-electron chi connectivity index (χ1n) is 6.03. The predicted octanol–water partition coefficient (Wildman–Crippen LogP) is 2.74. The van der Waals surface area contributed by atoms with Gasteiger partial charge in [-0.05, 0) is 26.7 Å². The Bertz CT molecular complexity index is 444. The molecular weight excluding hydrogens is 214 g/mol. The number of allylic oxidation sites excluding steroid dienone is 4. The van der Waals surface area contributed by atoms with Gasteiger partial charge in [-0.1, -0.05) is 18.2 Å². The normalized spacial score (nSPS) is 15.4. The summed E-state index contributed by atoms with van der Waals surface area (Å²) in [6.45, 7) is 4.69. The molecule has 1 aromatic rings. The summed E-state index contributed by atoms with van der Waals surface area (Å²) in [6.07, 6.45) is 8.73. The molecule has 4 nitrogen and oxygen atoms in total. The average Bonchev–Trinajstić information content (AvgIpc) is 2.75. The predicted molar refractivity (Wildman–Crippen MR) is 67.5 cm³/mol. The lowest BCUT2D eigenvalue weighted by Gasteiger charge is -2.11. The number of nitrogens with zero attached hydrogens (tertiary/aromatic N) is 3. The summed E-state index contributed by atoms with van der Waals surface area (Å²) in [4.78, 5) is 4.55. The van der Waals surface area contributed by atoms with E-state index in [1.165, 1.54) is 5.57 Å². The first-order chi connectivity index (χ1) is 8.22. The van der Waals surface area contributed by atoms with Crippen LogP contribution in [0.2, 0.25) is 0 Å². The van der Waals surface area contributed by atoms with E-state index >= 15 is 0 Å². The molecule has 0 amide bonds. The highest BCUT2D eigenvalue weighted by atomic mass is 16.5. The summed E-state index contributed by atoms with van der Waals surface area (Å²) < 4.78 is 7.06. The Hall–Kier alpha value is -1.42. The molecule has 0 aromatic carbocycles. The maximum absolute atomic E-state index is 5.09. The minimum absolute atomic E-state index is 0.305. The van der Waals surface area contributed by atoms with Gasteiger partial charge in [0.25, 0.3) is 0 Å². The van der Waals surface area contributed by atoms with Crippen molar-refractivity contribution in [2.45, 2.75) is 39.3 Å². The van der Waals surface area contributed by atoms with E-state index < -0.39 is 0 Å². The van der Waals surface area contributed by atoms with E-state index in [1.54, 1.807) is 7.11 Å². The van der Waals surface area contributed by atoms with Crippen molar-refractivity contribution in [2.24, 2.45) is 0 Å². The van der Waals surface area contributed by atoms with Crippen molar-refractivity contribution < 1.29 is 4.74 Å². The topological polar surface area (TPSA) is 39.9 Å². The highest BCUT2D eigenvalue weighted by Crippen LogP contribution is 2.22. The zero-order valence-electron chi connectivity index (χ0n) is 10.7. The molecule has 4 heteroatoms. The van der Waals surface area contributed by atoms with Gasteiger partial charge in [-0.25, -0.2) is 9.67 Å². The highest BCUT2D eigenvalue weighted by Gasteiger charge is 2.15. The van der Waals surface area contributed by atoms with E-state index in [0.717, 1.165) is 24.5 Å². The van der Waals surface area contributed by atoms with Crippen LogP contribution in [0.15, 0.2) is 18.2 Å². The Kier molecular flexibility index (Phi) is 3.74. The van der Waals surface area contributed by atoms with Crippen molar-refractivity contribution in [3.63, 3.8) is 0 Å². The van der Waals surface area contributed by atoms with Gasteiger partial charge in [0, 0.05) is 18.7 Å². The third-order valence-electron chi connectivity index (χ3n) is 2.69. The Morgan fingerprint density at radius 3 is 2.82 bits per heavy atom. The molecule has 0 saturated carbocycles. The summed E-state index contributed by atoms with van der Waals surface area (Å²) in [5.41, 5.74) is 1.17. The SMILES string of the molecule is COCc1nc(C2=CCCC=C2)n(C(C)C)n1. The van der Waals surface area contributed by atoms with Crippen molar-refractivity contribution in [2.75, 3.05) is 7.11 Å². The maximum atomic E-state index is 5.09. The smallest absolute Gasteiger partial charge is 0.176 e. The van der Waals surface area contributed by atoms with Crippen LogP contribution < -0.4 is 0 Å². The van der Waals surface area contributed by atoms with E-state index in [2.05, 4.69) is 42.2 Å². The quantitative estimate of drug-likeness (QED) is 0.802. The second kappa shape index (κ2) is 5.27. The lowest BCUT2D eigenvalue weighted by Crippen LogP contribution is -2.08. The Balaban J connectivity index is 2.36. The van der Waals surface area contributed by atoms with Crippen LogP contribution in [-0.4, -0.2) is 21.9 Å². The fourth-order valence-electron chi connectivity index (χ4n) is 1.89. The lowest BCUT2D eigenvalue weighted by atomic mass is 10.1. The maximum Gasteiger partial charge on any atom is 0.176 e. The molecule has 1 heterocycles. The monoisotopic (exact) mass is 233 g/mol. The van der Waals surface area contributed by atoms with Crippen molar-refractivity contribution in [3.8, 4) is 0 Å². The van der Waals surface area contributed by atoms with Gasteiger partial charge in [-0.15, -0.1) is 0 Å². The molecule has 0 spiro atoms. The fourth-order valence-corrected chi connectivity index (χ4v) is 1.89. The van der Waals surface area contributed by atoms with Crippen molar-refractivity contribution >= 4 is 5.57 Å². The third-order valence-corrected chi connectivity index (χ3v) is 2.69. The highest BCUT2D eigenvalue weighted by molar-refractivity contribution is 5.70. The Labute approximate surface area is 102 Å². The zero-order chi connectivity index (χ0) is 12.3. The molecule has 0 fully saturated rings. The van der Waals surface area contributed by atoms with Crippen molar-refractivity contribution in [3.05, 3.63) is 29.9 Å². The molecule has 92 valence electrons. The zero-order valence-corrected chi connectivity index (χ0v) is 10.7. The van der Waals surface area contributed by atoms with Gasteiger partial charge in [-0.3, -0.25) is 0 Å². The molecule has 1 aliphatic carbocycles. The summed E-state index contributed by atoms with van der Waals surface area (Å²) in [7, 11) is 1.66. The summed E-state index contributed by atoms with van der Waals surface area (Å²) >= 11 is 0. The molecule has 0 N–H and O–H groups in total. The van der Waals surface area contributed by atoms with Gasteiger partial charge in [-0.2, -0.15) is 5.10 Å². The lowest BCUT2D eigenvalue weighted by molar-refractivity contribution is 0.177. The van der Waals surface area contributed by atoms with Gasteiger partial charge >= 0.3 is 0 Å². The number of ether oxygens (including phenoxy) is 1. The van der Waals surface area contributed by atoms with E-state index in [-0.39, 0.29) is 0 Å². The number of hydrogen-bond acceptors (Lipinski definition) is 3. The molecule has 17 heavy (non-hydrogen) atoms. The van der Waals surface area contributed by atoms with Crippen molar-refractivity contribution in [1.82, 2.24) is 14.8 Å². The van der Waals surface area contributed by atoms with Gasteiger partial charge in [0.1, 0.15) is 6.61 Å². The molecule has 1 aliphatic rings. The van der Waals surface area contributed by atoms with Crippen LogP contribution in [0, 0.1) is 0 Å². The van der Waals surface area contributed by atoms with Crippen LogP contribution in [0.3, 0.4) is 0 Å². The number of rotatable bonds is 4. The second-order valence-corrected chi connectivity index (χ2v) is 4.46. The van der Waals surface area contributed by atoms with Crippen LogP contribution in [0.4, 0.5) is 0 Å². The van der Waals surface area contributed by atoms with E-state index in [1.807, 2.05) is 4.68 Å². The number of aromatic nitrogens is 3. The van der Waals surface area contributed by atoms with Crippen molar-refractivity contribution in [1.29, 1.82) is 0 Å². The molecule has 0 bridgehead atoms. The van der Waals surface area contributed by atoms with Crippen LogP contribution in [0.25, 0.3) is 5.57 Å². The van der Waals surface area contributed by atoms with Gasteiger partial charge < -0.3 is 4.74 Å². The number of methoxy groups -OCH3 is 1. The fraction of sp³-hybridized carbons (Fsp3) is 0.538. The van der Waals surface area contributed by atoms with E-state index in [0.29, 0.717) is 12.6 Å². The largest absolute Gasteiger partial charge is 0.377 e. The molecule has 0 atom stereocenters. The molecule has 0 unspecified atom stereocenters. The van der Waals surface area contributed by atoms with Crippen LogP contribution in [0.5, 0.6) is 0 Å². The second-order valence-electron chi connectivity index (χ2n) is 4.46. The Morgan fingerprint density at radius 1 is 1.41 bits per heavy atom. The molecule has 0 radical (unpaired) electrons. The van der Waals surface area contributed by atoms with Crippen LogP contribution in [0.1, 0.15) is 44.4 Å².